The smallest absolute Gasteiger partial charge is 0.120 e. The summed E-state index contributed by atoms with van der Waals surface area (Å²) in [6.45, 7) is 0. The van der Waals surface area contributed by atoms with E-state index in [1.807, 2.05) is 12.1 Å². The Morgan fingerprint density at radius 1 is 1.29 bits per heavy atom. The van der Waals surface area contributed by atoms with Gasteiger partial charge in [0.25, 0.3) is 0 Å². The second-order valence-corrected chi connectivity index (χ2v) is 3.94. The molecule has 2 rings (SSSR count). The van der Waals surface area contributed by atoms with Crippen LogP contribution >= 0.6 is 12.4 Å². The Labute approximate surface area is 91.3 Å². The highest BCUT2D eigenvalue weighted by molar-refractivity contribution is 5.85. The van der Waals surface area contributed by atoms with Crippen molar-refractivity contribution >= 4 is 12.4 Å². The van der Waals surface area contributed by atoms with Gasteiger partial charge in [0.05, 0.1) is 12.3 Å². The number of furan rings is 1. The summed E-state index contributed by atoms with van der Waals surface area (Å²) in [6.07, 6.45) is 8.28. The highest BCUT2D eigenvalue weighted by Gasteiger charge is 2.23. The summed E-state index contributed by atoms with van der Waals surface area (Å²) in [5.41, 5.74) is 6.12. The molecule has 2 N–H and O–H groups in total. The van der Waals surface area contributed by atoms with Gasteiger partial charge in [-0.2, -0.15) is 0 Å². The first-order valence-corrected chi connectivity index (χ1v) is 5.17. The van der Waals surface area contributed by atoms with Crippen LogP contribution in [0.3, 0.4) is 0 Å². The van der Waals surface area contributed by atoms with E-state index in [0.717, 1.165) is 5.76 Å². The standard InChI is InChI=1S/C11H17NO.ClH/c12-11(10-7-4-8-13-10)9-5-2-1-3-6-9;/h4,7-9,11H,1-3,5-6,12H2;1H. The van der Waals surface area contributed by atoms with Gasteiger partial charge in [-0.25, -0.2) is 0 Å². The largest absolute Gasteiger partial charge is 0.468 e. The predicted octanol–water partition coefficient (Wildman–Crippen LogP) is 3.28. The van der Waals surface area contributed by atoms with Crippen LogP contribution in [0.5, 0.6) is 0 Å². The summed E-state index contributed by atoms with van der Waals surface area (Å²) in [5, 5.41) is 0. The molecule has 0 amide bonds. The second kappa shape index (κ2) is 5.42. The Hall–Kier alpha value is -0.470. The van der Waals surface area contributed by atoms with Crippen LogP contribution in [-0.4, -0.2) is 0 Å². The molecule has 80 valence electrons. The molecule has 1 fully saturated rings. The third-order valence-corrected chi connectivity index (χ3v) is 3.03. The highest BCUT2D eigenvalue weighted by Crippen LogP contribution is 2.32. The lowest BCUT2D eigenvalue weighted by molar-refractivity contribution is 0.280. The zero-order valence-electron chi connectivity index (χ0n) is 8.32. The van der Waals surface area contributed by atoms with Gasteiger partial charge in [0, 0.05) is 0 Å². The van der Waals surface area contributed by atoms with Crippen molar-refractivity contribution in [1.82, 2.24) is 0 Å². The van der Waals surface area contributed by atoms with E-state index >= 15 is 0 Å². The number of nitrogens with two attached hydrogens (primary N) is 1. The quantitative estimate of drug-likeness (QED) is 0.823. The van der Waals surface area contributed by atoms with Gasteiger partial charge in [-0.1, -0.05) is 19.3 Å². The molecular weight excluding hydrogens is 198 g/mol. The fourth-order valence-electron chi connectivity index (χ4n) is 2.21. The van der Waals surface area contributed by atoms with Crippen LogP contribution in [0.2, 0.25) is 0 Å². The highest BCUT2D eigenvalue weighted by atomic mass is 35.5. The van der Waals surface area contributed by atoms with Crippen molar-refractivity contribution in [3.05, 3.63) is 24.2 Å². The molecule has 2 nitrogen and oxygen atoms in total. The summed E-state index contributed by atoms with van der Waals surface area (Å²) >= 11 is 0. The van der Waals surface area contributed by atoms with E-state index in [2.05, 4.69) is 0 Å². The third-order valence-electron chi connectivity index (χ3n) is 3.03. The van der Waals surface area contributed by atoms with Gasteiger partial charge in [-0.05, 0) is 30.9 Å². The third kappa shape index (κ3) is 2.52. The molecule has 0 saturated heterocycles. The molecule has 1 saturated carbocycles. The molecule has 1 unspecified atom stereocenters. The van der Waals surface area contributed by atoms with Gasteiger partial charge in [-0.15, -0.1) is 12.4 Å². The minimum absolute atomic E-state index is 0. The Morgan fingerprint density at radius 3 is 2.57 bits per heavy atom. The number of rotatable bonds is 2. The average molecular weight is 216 g/mol. The normalized spacial score (nSPS) is 20.1. The van der Waals surface area contributed by atoms with Gasteiger partial charge >= 0.3 is 0 Å². The Bertz CT molecular complexity index is 242. The molecule has 14 heavy (non-hydrogen) atoms. The summed E-state index contributed by atoms with van der Waals surface area (Å²) < 4.78 is 5.32. The number of hydrogen-bond donors (Lipinski definition) is 1. The molecule has 0 spiro atoms. The van der Waals surface area contributed by atoms with Gasteiger partial charge in [-0.3, -0.25) is 0 Å². The Kier molecular flexibility index (Phi) is 4.49. The van der Waals surface area contributed by atoms with Crippen molar-refractivity contribution in [2.45, 2.75) is 38.1 Å². The summed E-state index contributed by atoms with van der Waals surface area (Å²) in [6, 6.07) is 4.02. The summed E-state index contributed by atoms with van der Waals surface area (Å²) in [4.78, 5) is 0. The first-order chi connectivity index (χ1) is 6.38. The molecule has 1 atom stereocenters. The average Bonchev–Trinajstić information content (AvgIpc) is 2.71. The molecule has 1 aliphatic carbocycles. The molecular formula is C11H18ClNO. The molecule has 1 aliphatic rings. The first kappa shape index (κ1) is 11.6. The zero-order chi connectivity index (χ0) is 9.10. The van der Waals surface area contributed by atoms with Crippen molar-refractivity contribution in [3.63, 3.8) is 0 Å². The van der Waals surface area contributed by atoms with Crippen LogP contribution in [0.1, 0.15) is 43.9 Å². The Balaban J connectivity index is 0.000000980. The van der Waals surface area contributed by atoms with E-state index < -0.39 is 0 Å². The Morgan fingerprint density at radius 2 is 2.00 bits per heavy atom. The lowest BCUT2D eigenvalue weighted by Gasteiger charge is -2.25. The van der Waals surface area contributed by atoms with Crippen LogP contribution in [0.4, 0.5) is 0 Å². The SMILES string of the molecule is Cl.NC(c1ccco1)C1CCCCC1. The minimum atomic E-state index is 0. The zero-order valence-corrected chi connectivity index (χ0v) is 9.13. The van der Waals surface area contributed by atoms with E-state index in [9.17, 15) is 0 Å². The lowest BCUT2D eigenvalue weighted by atomic mass is 9.83. The van der Waals surface area contributed by atoms with Crippen LogP contribution in [0, 0.1) is 5.92 Å². The van der Waals surface area contributed by atoms with Crippen LogP contribution in [0.25, 0.3) is 0 Å². The van der Waals surface area contributed by atoms with Crippen LogP contribution in [0.15, 0.2) is 22.8 Å². The van der Waals surface area contributed by atoms with Gasteiger partial charge in [0.1, 0.15) is 5.76 Å². The van der Waals surface area contributed by atoms with E-state index in [1.165, 1.54) is 32.1 Å². The first-order valence-electron chi connectivity index (χ1n) is 5.17. The summed E-state index contributed by atoms with van der Waals surface area (Å²) in [7, 11) is 0. The van der Waals surface area contributed by atoms with E-state index in [1.54, 1.807) is 6.26 Å². The predicted molar refractivity (Wildman–Crippen MR) is 59.5 cm³/mol. The molecule has 0 radical (unpaired) electrons. The van der Waals surface area contributed by atoms with Crippen molar-refractivity contribution < 1.29 is 4.42 Å². The van der Waals surface area contributed by atoms with Crippen molar-refractivity contribution in [3.8, 4) is 0 Å². The molecule has 0 bridgehead atoms. The fraction of sp³-hybridized carbons (Fsp3) is 0.636. The van der Waals surface area contributed by atoms with Crippen LogP contribution in [-0.2, 0) is 0 Å². The van der Waals surface area contributed by atoms with Crippen LogP contribution < -0.4 is 5.73 Å². The van der Waals surface area contributed by atoms with E-state index in [0.29, 0.717) is 5.92 Å². The van der Waals surface area contributed by atoms with Gasteiger partial charge in [0.2, 0.25) is 0 Å². The molecule has 0 aliphatic heterocycles. The maximum Gasteiger partial charge on any atom is 0.120 e. The van der Waals surface area contributed by atoms with Gasteiger partial charge < -0.3 is 10.2 Å². The van der Waals surface area contributed by atoms with Crippen molar-refractivity contribution in [2.24, 2.45) is 11.7 Å². The lowest BCUT2D eigenvalue weighted by Crippen LogP contribution is -2.22. The maximum absolute atomic E-state index is 6.12. The molecule has 3 heteroatoms. The van der Waals surface area contributed by atoms with Crippen molar-refractivity contribution in [2.75, 3.05) is 0 Å². The molecule has 1 aromatic rings. The van der Waals surface area contributed by atoms with Gasteiger partial charge in [0.15, 0.2) is 0 Å². The topological polar surface area (TPSA) is 39.2 Å². The van der Waals surface area contributed by atoms with E-state index in [-0.39, 0.29) is 18.4 Å². The number of halogens is 1. The van der Waals surface area contributed by atoms with Crippen molar-refractivity contribution in [1.29, 1.82) is 0 Å². The molecule has 1 heterocycles. The second-order valence-electron chi connectivity index (χ2n) is 3.94. The fourth-order valence-corrected chi connectivity index (χ4v) is 2.21. The number of hydrogen-bond acceptors (Lipinski definition) is 2. The molecule has 0 aromatic carbocycles. The molecule has 1 aromatic heterocycles. The maximum atomic E-state index is 6.12. The monoisotopic (exact) mass is 215 g/mol. The van der Waals surface area contributed by atoms with E-state index in [4.69, 9.17) is 10.2 Å². The summed E-state index contributed by atoms with van der Waals surface area (Å²) in [5.74, 6) is 1.59. The minimum Gasteiger partial charge on any atom is -0.468 e.